The maximum Gasteiger partial charge on any atom is 0.170 e. The summed E-state index contributed by atoms with van der Waals surface area (Å²) in [4.78, 5) is 0. The van der Waals surface area contributed by atoms with Crippen molar-refractivity contribution in [2.24, 2.45) is 0 Å². The number of hydrogen-bond donors (Lipinski definition) is 0. The van der Waals surface area contributed by atoms with Gasteiger partial charge in [-0.1, -0.05) is 24.3 Å². The van der Waals surface area contributed by atoms with Gasteiger partial charge in [0.05, 0.1) is 0 Å². The second-order valence-electron chi connectivity index (χ2n) is 6.81. The molecule has 0 atom stereocenters. The van der Waals surface area contributed by atoms with Crippen LogP contribution in [0.4, 0.5) is 0 Å². The molecule has 4 heteroatoms. The van der Waals surface area contributed by atoms with Crippen molar-refractivity contribution in [3.05, 3.63) is 59.7 Å². The van der Waals surface area contributed by atoms with E-state index in [1.807, 2.05) is 0 Å². The lowest BCUT2D eigenvalue weighted by molar-refractivity contribution is -0.544. The molecule has 0 saturated carbocycles. The Bertz CT molecular complexity index is 741. The van der Waals surface area contributed by atoms with Gasteiger partial charge in [-0.2, -0.15) is 0 Å². The third-order valence-electron chi connectivity index (χ3n) is 4.86. The Morgan fingerprint density at radius 3 is 1.46 bits per heavy atom. The van der Waals surface area contributed by atoms with E-state index in [2.05, 4.69) is 70.1 Å². The van der Waals surface area contributed by atoms with Gasteiger partial charge in [0.2, 0.25) is 0 Å². The first-order valence-electron chi connectivity index (χ1n) is 9.41. The molecular formula is C22H26N2O2+2. The topological polar surface area (TPSA) is 24.5 Å². The SMILES string of the molecule is C(c1cccc(-c2cccc(C=[N+]3CCOCC3)c2)c1)=[N+]1CCOCC1. The molecule has 2 aromatic carbocycles. The lowest BCUT2D eigenvalue weighted by atomic mass is 10.0. The standard InChI is InChI=1S/C22H26N2O2/c1-3-19(17-23-7-11-25-12-8-23)15-21(5-1)22-6-2-4-20(16-22)18-24-9-13-26-14-10-24/h1-6,15-18H,7-14H2/q+2. The van der Waals surface area contributed by atoms with Crippen LogP contribution in [-0.4, -0.2) is 74.2 Å². The van der Waals surface area contributed by atoms with Crippen LogP contribution in [0.25, 0.3) is 11.1 Å². The molecule has 2 fully saturated rings. The fraction of sp³-hybridized carbons (Fsp3) is 0.364. The molecule has 4 rings (SSSR count). The third kappa shape index (κ3) is 4.45. The van der Waals surface area contributed by atoms with Crippen molar-refractivity contribution >= 4 is 12.4 Å². The summed E-state index contributed by atoms with van der Waals surface area (Å²) in [7, 11) is 0. The van der Waals surface area contributed by atoms with E-state index < -0.39 is 0 Å². The number of rotatable bonds is 3. The number of ether oxygens (including phenoxy) is 2. The van der Waals surface area contributed by atoms with Crippen LogP contribution in [0.2, 0.25) is 0 Å². The first-order chi connectivity index (χ1) is 12.9. The minimum absolute atomic E-state index is 0.815. The van der Waals surface area contributed by atoms with E-state index in [-0.39, 0.29) is 0 Å². The van der Waals surface area contributed by atoms with E-state index in [1.165, 1.54) is 22.3 Å². The first kappa shape index (κ1) is 17.1. The molecule has 2 aliphatic heterocycles. The summed E-state index contributed by atoms with van der Waals surface area (Å²) in [6.45, 7) is 7.13. The van der Waals surface area contributed by atoms with E-state index in [4.69, 9.17) is 9.47 Å². The highest BCUT2D eigenvalue weighted by atomic mass is 16.5. The highest BCUT2D eigenvalue weighted by Crippen LogP contribution is 2.21. The highest BCUT2D eigenvalue weighted by molar-refractivity contribution is 5.82. The van der Waals surface area contributed by atoms with Crippen molar-refractivity contribution in [1.82, 2.24) is 0 Å². The third-order valence-corrected chi connectivity index (χ3v) is 4.86. The average Bonchev–Trinajstić information content (AvgIpc) is 2.70. The van der Waals surface area contributed by atoms with Gasteiger partial charge in [-0.15, -0.1) is 0 Å². The first-order valence-corrected chi connectivity index (χ1v) is 9.41. The minimum Gasteiger partial charge on any atom is -0.368 e. The smallest absolute Gasteiger partial charge is 0.170 e. The predicted octanol–water partition coefficient (Wildman–Crippen LogP) is 2.28. The average molecular weight is 350 g/mol. The van der Waals surface area contributed by atoms with Crippen LogP contribution >= 0.6 is 0 Å². The van der Waals surface area contributed by atoms with Gasteiger partial charge in [-0.25, -0.2) is 9.15 Å². The van der Waals surface area contributed by atoms with Crippen LogP contribution < -0.4 is 0 Å². The molecule has 26 heavy (non-hydrogen) atoms. The van der Waals surface area contributed by atoms with Crippen LogP contribution in [-0.2, 0) is 9.47 Å². The molecule has 0 N–H and O–H groups in total. The summed E-state index contributed by atoms with van der Waals surface area (Å²) in [6, 6.07) is 17.5. The summed E-state index contributed by atoms with van der Waals surface area (Å²) in [5.41, 5.74) is 4.99. The molecule has 2 saturated heterocycles. The molecule has 0 aliphatic carbocycles. The van der Waals surface area contributed by atoms with Gasteiger partial charge >= 0.3 is 0 Å². The molecule has 134 valence electrons. The van der Waals surface area contributed by atoms with E-state index in [1.54, 1.807) is 0 Å². The molecule has 2 aliphatic rings. The second-order valence-corrected chi connectivity index (χ2v) is 6.81. The predicted molar refractivity (Wildman–Crippen MR) is 104 cm³/mol. The van der Waals surface area contributed by atoms with Crippen LogP contribution in [0.15, 0.2) is 48.5 Å². The van der Waals surface area contributed by atoms with Gasteiger partial charge < -0.3 is 9.47 Å². The van der Waals surface area contributed by atoms with Crippen molar-refractivity contribution < 1.29 is 18.6 Å². The number of morpholine rings is 2. The summed E-state index contributed by atoms with van der Waals surface area (Å²) >= 11 is 0. The molecule has 0 radical (unpaired) electrons. The maximum absolute atomic E-state index is 5.43. The quantitative estimate of drug-likeness (QED) is 0.794. The van der Waals surface area contributed by atoms with Gasteiger partial charge in [0, 0.05) is 11.1 Å². The second kappa shape index (κ2) is 8.39. The molecule has 0 bridgehead atoms. The molecule has 2 aromatic rings. The Balaban J connectivity index is 1.57. The van der Waals surface area contributed by atoms with Crippen LogP contribution in [0.1, 0.15) is 11.1 Å². The Labute approximate surface area is 155 Å². The largest absolute Gasteiger partial charge is 0.368 e. The van der Waals surface area contributed by atoms with Crippen LogP contribution in [0.5, 0.6) is 0 Å². The summed E-state index contributed by atoms with van der Waals surface area (Å²) in [6.07, 6.45) is 4.49. The monoisotopic (exact) mass is 350 g/mol. The van der Waals surface area contributed by atoms with Gasteiger partial charge in [0.15, 0.2) is 38.6 Å². The van der Waals surface area contributed by atoms with Crippen molar-refractivity contribution in [2.45, 2.75) is 0 Å². The molecule has 2 heterocycles. The molecule has 4 nitrogen and oxygen atoms in total. The van der Waals surface area contributed by atoms with E-state index in [0.717, 1.165) is 52.6 Å². The number of hydrogen-bond acceptors (Lipinski definition) is 2. The molecule has 0 unspecified atom stereocenters. The Morgan fingerprint density at radius 1 is 0.615 bits per heavy atom. The zero-order valence-electron chi connectivity index (χ0n) is 15.1. The number of nitrogens with zero attached hydrogens (tertiary/aromatic N) is 2. The van der Waals surface area contributed by atoms with Crippen molar-refractivity contribution in [3.63, 3.8) is 0 Å². The zero-order valence-corrected chi connectivity index (χ0v) is 15.1. The zero-order chi connectivity index (χ0) is 17.6. The minimum atomic E-state index is 0.815. The van der Waals surface area contributed by atoms with Gasteiger partial charge in [-0.05, 0) is 35.4 Å². The Morgan fingerprint density at radius 2 is 1.04 bits per heavy atom. The molecule has 0 aromatic heterocycles. The lowest BCUT2D eigenvalue weighted by Crippen LogP contribution is -2.29. The maximum atomic E-state index is 5.43. The summed E-state index contributed by atoms with van der Waals surface area (Å²) < 4.78 is 15.5. The van der Waals surface area contributed by atoms with Crippen LogP contribution in [0.3, 0.4) is 0 Å². The molecule has 0 spiro atoms. The van der Waals surface area contributed by atoms with E-state index in [9.17, 15) is 0 Å². The summed E-state index contributed by atoms with van der Waals surface area (Å²) in [5.74, 6) is 0. The van der Waals surface area contributed by atoms with E-state index >= 15 is 0 Å². The normalized spacial score (nSPS) is 17.8. The fourth-order valence-electron chi connectivity index (χ4n) is 3.43. The summed E-state index contributed by atoms with van der Waals surface area (Å²) in [5, 5.41) is 0. The van der Waals surface area contributed by atoms with Gasteiger partial charge in [0.1, 0.15) is 26.4 Å². The van der Waals surface area contributed by atoms with E-state index in [0.29, 0.717) is 0 Å². The Kier molecular flexibility index (Phi) is 5.53. The van der Waals surface area contributed by atoms with Gasteiger partial charge in [0.25, 0.3) is 0 Å². The molecular weight excluding hydrogens is 324 g/mol. The Hall–Kier alpha value is -2.30. The van der Waals surface area contributed by atoms with Crippen molar-refractivity contribution in [3.8, 4) is 11.1 Å². The molecule has 0 amide bonds. The lowest BCUT2D eigenvalue weighted by Gasteiger charge is -2.11. The van der Waals surface area contributed by atoms with Crippen molar-refractivity contribution in [1.29, 1.82) is 0 Å². The highest BCUT2D eigenvalue weighted by Gasteiger charge is 2.12. The number of benzene rings is 2. The van der Waals surface area contributed by atoms with Gasteiger partial charge in [-0.3, -0.25) is 0 Å². The fourth-order valence-corrected chi connectivity index (χ4v) is 3.43. The van der Waals surface area contributed by atoms with Crippen molar-refractivity contribution in [2.75, 3.05) is 52.6 Å². The van der Waals surface area contributed by atoms with Crippen LogP contribution in [0, 0.1) is 0 Å².